The number of halogens is 1. The number of ether oxygens (including phenoxy) is 1. The first-order valence-corrected chi connectivity index (χ1v) is 11.8. The van der Waals surface area contributed by atoms with Gasteiger partial charge < -0.3 is 14.9 Å². The molecule has 4 aliphatic carbocycles. The molecule has 0 spiro atoms. The second-order valence-corrected chi connectivity index (χ2v) is 11.5. The molecular formula is C22H35BrO4. The van der Waals surface area contributed by atoms with E-state index in [1.165, 1.54) is 0 Å². The fourth-order valence-electron chi connectivity index (χ4n) is 7.56. The van der Waals surface area contributed by atoms with Crippen LogP contribution in [-0.4, -0.2) is 39.3 Å². The minimum absolute atomic E-state index is 0.0570. The molecule has 0 amide bonds. The molecule has 4 saturated carbocycles. The van der Waals surface area contributed by atoms with Gasteiger partial charge in [-0.3, -0.25) is 4.79 Å². The molecule has 2 N–H and O–H groups in total. The Labute approximate surface area is 171 Å². The predicted molar refractivity (Wildman–Crippen MR) is 107 cm³/mol. The number of aliphatic hydroxyl groups is 2. The lowest BCUT2D eigenvalue weighted by atomic mass is 9.44. The van der Waals surface area contributed by atoms with E-state index in [9.17, 15) is 15.0 Å². The largest absolute Gasteiger partial charge is 0.461 e. The molecule has 0 radical (unpaired) electrons. The first-order valence-electron chi connectivity index (χ1n) is 10.9. The van der Waals surface area contributed by atoms with Gasteiger partial charge in [-0.1, -0.05) is 36.7 Å². The van der Waals surface area contributed by atoms with E-state index in [0.717, 1.165) is 44.9 Å². The topological polar surface area (TPSA) is 66.8 Å². The van der Waals surface area contributed by atoms with Gasteiger partial charge in [0, 0.05) is 11.8 Å². The third kappa shape index (κ3) is 3.02. The van der Waals surface area contributed by atoms with Gasteiger partial charge in [-0.15, -0.1) is 0 Å². The number of fused-ring (bicyclic) bond motifs is 5. The molecule has 0 saturated heterocycles. The normalized spacial score (nSPS) is 54.6. The third-order valence-corrected chi connectivity index (χ3v) is 9.95. The first-order chi connectivity index (χ1) is 12.7. The number of carbonyl (C=O) groups is 1. The summed E-state index contributed by atoms with van der Waals surface area (Å²) in [5, 5.41) is 21.4. The molecule has 5 heteroatoms. The minimum atomic E-state index is -0.302. The van der Waals surface area contributed by atoms with Crippen molar-refractivity contribution in [3.63, 3.8) is 0 Å². The summed E-state index contributed by atoms with van der Waals surface area (Å²) < 4.78 is 5.91. The summed E-state index contributed by atoms with van der Waals surface area (Å²) >= 11 is 3.82. The van der Waals surface area contributed by atoms with Gasteiger partial charge in [0.25, 0.3) is 0 Å². The van der Waals surface area contributed by atoms with Gasteiger partial charge in [-0.25, -0.2) is 0 Å². The van der Waals surface area contributed by atoms with Gasteiger partial charge in [0.15, 0.2) is 0 Å². The van der Waals surface area contributed by atoms with Gasteiger partial charge in [0.2, 0.25) is 0 Å². The second-order valence-electron chi connectivity index (χ2n) is 10.3. The lowest BCUT2D eigenvalue weighted by Gasteiger charge is -2.61. The predicted octanol–water partition coefficient (Wildman–Crippen LogP) is 4.06. The molecule has 0 aromatic rings. The standard InChI is InChI=1S/C22H35BrO4/c1-4-18(26)27-20-16(23)11-15-19-14(6-8-22(15,20)3)21(2)7-5-13(24)9-12(21)10-17(19)25/h12-17,19-20,24-25H,4-11H2,1-3H3/t12-,13+,14+,15+,16-,17+,19-,20+,21+,22+/m1/s1. The number of esters is 1. The molecule has 4 rings (SSSR count). The van der Waals surface area contributed by atoms with Gasteiger partial charge in [0.05, 0.1) is 17.0 Å². The van der Waals surface area contributed by atoms with Crippen LogP contribution >= 0.6 is 15.9 Å². The molecule has 0 bridgehead atoms. The van der Waals surface area contributed by atoms with Crippen molar-refractivity contribution in [1.82, 2.24) is 0 Å². The van der Waals surface area contributed by atoms with E-state index < -0.39 is 0 Å². The van der Waals surface area contributed by atoms with Crippen LogP contribution in [0.2, 0.25) is 0 Å². The lowest BCUT2D eigenvalue weighted by Crippen LogP contribution is -2.59. The highest BCUT2D eigenvalue weighted by molar-refractivity contribution is 9.09. The number of hydrogen-bond donors (Lipinski definition) is 2. The van der Waals surface area contributed by atoms with Crippen molar-refractivity contribution in [1.29, 1.82) is 0 Å². The monoisotopic (exact) mass is 442 g/mol. The molecule has 4 aliphatic rings. The van der Waals surface area contributed by atoms with Crippen LogP contribution in [0.3, 0.4) is 0 Å². The van der Waals surface area contributed by atoms with E-state index in [1.54, 1.807) is 0 Å². The van der Waals surface area contributed by atoms with Crippen molar-refractivity contribution in [2.75, 3.05) is 0 Å². The fraction of sp³-hybridized carbons (Fsp3) is 0.955. The Hall–Kier alpha value is -0.130. The summed E-state index contributed by atoms with van der Waals surface area (Å²) in [5.74, 6) is 1.49. The number of carbonyl (C=O) groups excluding carboxylic acids is 1. The van der Waals surface area contributed by atoms with E-state index in [2.05, 4.69) is 29.8 Å². The Morgan fingerprint density at radius 2 is 1.78 bits per heavy atom. The molecule has 0 unspecified atom stereocenters. The Kier molecular flexibility index (Phi) is 5.21. The van der Waals surface area contributed by atoms with E-state index in [4.69, 9.17) is 4.74 Å². The van der Waals surface area contributed by atoms with Crippen LogP contribution in [0.25, 0.3) is 0 Å². The highest BCUT2D eigenvalue weighted by Gasteiger charge is 2.65. The summed E-state index contributed by atoms with van der Waals surface area (Å²) in [4.78, 5) is 12.2. The van der Waals surface area contributed by atoms with Crippen LogP contribution in [0, 0.1) is 34.5 Å². The van der Waals surface area contributed by atoms with E-state index in [1.807, 2.05) is 6.92 Å². The van der Waals surface area contributed by atoms with Crippen molar-refractivity contribution >= 4 is 21.9 Å². The molecule has 10 atom stereocenters. The van der Waals surface area contributed by atoms with Crippen LogP contribution in [0.5, 0.6) is 0 Å². The number of aliphatic hydroxyl groups excluding tert-OH is 2. The SMILES string of the molecule is CCC(=O)O[C@H]1[C@H](Br)C[C@H]2[C@@H]3[C@@H](O)C[C@H]4C[C@@H](O)CC[C@]4(C)[C@H]3CC[C@@]21C. The molecule has 27 heavy (non-hydrogen) atoms. The van der Waals surface area contributed by atoms with Crippen molar-refractivity contribution in [2.45, 2.75) is 95.3 Å². The van der Waals surface area contributed by atoms with E-state index >= 15 is 0 Å². The highest BCUT2D eigenvalue weighted by Crippen LogP contribution is 2.67. The zero-order chi connectivity index (χ0) is 19.6. The van der Waals surface area contributed by atoms with E-state index in [-0.39, 0.29) is 45.9 Å². The number of alkyl halides is 1. The average Bonchev–Trinajstić information content (AvgIpc) is 2.87. The molecule has 0 aromatic heterocycles. The van der Waals surface area contributed by atoms with Crippen molar-refractivity contribution < 1.29 is 19.7 Å². The average molecular weight is 443 g/mol. The smallest absolute Gasteiger partial charge is 0.305 e. The Morgan fingerprint density at radius 1 is 1.07 bits per heavy atom. The van der Waals surface area contributed by atoms with Crippen LogP contribution in [-0.2, 0) is 9.53 Å². The van der Waals surface area contributed by atoms with Gasteiger partial charge >= 0.3 is 5.97 Å². The van der Waals surface area contributed by atoms with Gasteiger partial charge in [0.1, 0.15) is 6.10 Å². The minimum Gasteiger partial charge on any atom is -0.461 e. The maximum Gasteiger partial charge on any atom is 0.305 e. The zero-order valence-corrected chi connectivity index (χ0v) is 18.5. The van der Waals surface area contributed by atoms with Gasteiger partial charge in [-0.2, -0.15) is 0 Å². The van der Waals surface area contributed by atoms with Crippen LogP contribution in [0.1, 0.15) is 72.1 Å². The maximum atomic E-state index is 12.0. The third-order valence-electron chi connectivity index (χ3n) is 9.10. The fourth-order valence-corrected chi connectivity index (χ4v) is 8.68. The summed E-state index contributed by atoms with van der Waals surface area (Å²) in [6.07, 6.45) is 6.56. The molecule has 0 aromatic carbocycles. The first kappa shape index (κ1) is 20.2. The van der Waals surface area contributed by atoms with E-state index in [0.29, 0.717) is 24.2 Å². The van der Waals surface area contributed by atoms with Gasteiger partial charge in [-0.05, 0) is 74.0 Å². The molecule has 0 aliphatic heterocycles. The Balaban J connectivity index is 1.63. The second kappa shape index (κ2) is 6.98. The highest BCUT2D eigenvalue weighted by atomic mass is 79.9. The van der Waals surface area contributed by atoms with Crippen molar-refractivity contribution in [3.8, 4) is 0 Å². The number of rotatable bonds is 2. The molecule has 4 nitrogen and oxygen atoms in total. The molecule has 4 fully saturated rings. The maximum absolute atomic E-state index is 12.0. The Morgan fingerprint density at radius 3 is 2.48 bits per heavy atom. The summed E-state index contributed by atoms with van der Waals surface area (Å²) in [7, 11) is 0. The summed E-state index contributed by atoms with van der Waals surface area (Å²) in [6, 6.07) is 0. The molecule has 154 valence electrons. The molecule has 0 heterocycles. The summed E-state index contributed by atoms with van der Waals surface area (Å²) in [5.41, 5.74) is 0.170. The van der Waals surface area contributed by atoms with Crippen LogP contribution in [0.15, 0.2) is 0 Å². The zero-order valence-electron chi connectivity index (χ0n) is 16.9. The van der Waals surface area contributed by atoms with Crippen molar-refractivity contribution in [2.24, 2.45) is 34.5 Å². The number of hydrogen-bond acceptors (Lipinski definition) is 4. The lowest BCUT2D eigenvalue weighted by molar-refractivity contribution is -0.184. The summed E-state index contributed by atoms with van der Waals surface area (Å²) in [6.45, 7) is 6.56. The molecular weight excluding hydrogens is 408 g/mol. The van der Waals surface area contributed by atoms with Crippen LogP contribution in [0.4, 0.5) is 0 Å². The Bertz CT molecular complexity index is 597. The van der Waals surface area contributed by atoms with Crippen molar-refractivity contribution in [3.05, 3.63) is 0 Å². The quantitative estimate of drug-likeness (QED) is 0.499. The van der Waals surface area contributed by atoms with Crippen LogP contribution < -0.4 is 0 Å².